The van der Waals surface area contributed by atoms with Crippen molar-refractivity contribution in [2.45, 2.75) is 58.0 Å². The molecule has 2 fully saturated rings. The van der Waals surface area contributed by atoms with E-state index in [0.717, 1.165) is 38.3 Å². The Labute approximate surface area is 165 Å². The lowest BCUT2D eigenvalue weighted by Crippen LogP contribution is -2.46. The van der Waals surface area contributed by atoms with Gasteiger partial charge in [-0.15, -0.1) is 0 Å². The molecule has 0 bridgehead atoms. The second-order valence-electron chi connectivity index (χ2n) is 8.83. The zero-order valence-electron chi connectivity index (χ0n) is 17.6. The Bertz CT molecular complexity index is 611. The quantitative estimate of drug-likeness (QED) is 0.745. The smallest absolute Gasteiger partial charge is 0.236 e. The van der Waals surface area contributed by atoms with Crippen molar-refractivity contribution in [2.75, 3.05) is 33.7 Å². The van der Waals surface area contributed by atoms with E-state index in [0.29, 0.717) is 24.5 Å². The average Bonchev–Trinajstić information content (AvgIpc) is 3.40. The van der Waals surface area contributed by atoms with Crippen molar-refractivity contribution in [1.82, 2.24) is 15.1 Å². The van der Waals surface area contributed by atoms with Crippen molar-refractivity contribution in [3.63, 3.8) is 0 Å². The minimum absolute atomic E-state index is 0.211. The number of nitrogens with one attached hydrogen (secondary N) is 1. The fraction of sp³-hybridized carbons (Fsp3) is 0.696. The molecule has 4 heteroatoms. The van der Waals surface area contributed by atoms with Crippen LogP contribution in [-0.2, 0) is 4.79 Å². The fourth-order valence-corrected chi connectivity index (χ4v) is 4.38. The Morgan fingerprint density at radius 1 is 1.33 bits per heavy atom. The third-order valence-electron chi connectivity index (χ3n) is 6.25. The molecule has 0 spiro atoms. The first-order valence-electron chi connectivity index (χ1n) is 10.7. The lowest BCUT2D eigenvalue weighted by Gasteiger charge is -2.32. The molecule has 4 nitrogen and oxygen atoms in total. The van der Waals surface area contributed by atoms with E-state index in [1.807, 2.05) is 14.1 Å². The van der Waals surface area contributed by atoms with E-state index < -0.39 is 0 Å². The second kappa shape index (κ2) is 9.20. The third kappa shape index (κ3) is 5.79. The number of piperidine rings is 1. The number of likely N-dealkylation sites (N-methyl/N-ethyl adjacent to an activating group) is 1. The molecule has 1 amide bonds. The lowest BCUT2D eigenvalue weighted by molar-refractivity contribution is -0.130. The van der Waals surface area contributed by atoms with Crippen molar-refractivity contribution >= 4 is 5.91 Å². The van der Waals surface area contributed by atoms with Crippen LogP contribution in [0.1, 0.15) is 46.0 Å². The normalized spacial score (nSPS) is 29.6. The Balaban J connectivity index is 1.44. The molecule has 0 aromatic rings. The van der Waals surface area contributed by atoms with Gasteiger partial charge in [0.2, 0.25) is 5.91 Å². The van der Waals surface area contributed by atoms with Crippen LogP contribution >= 0.6 is 0 Å². The van der Waals surface area contributed by atoms with Gasteiger partial charge in [0, 0.05) is 39.3 Å². The predicted octanol–water partition coefficient (Wildman–Crippen LogP) is 3.38. The number of carbonyl (C=O) groups excluding carboxylic acids is 1. The van der Waals surface area contributed by atoms with E-state index in [1.54, 1.807) is 10.5 Å². The molecule has 27 heavy (non-hydrogen) atoms. The van der Waals surface area contributed by atoms with Gasteiger partial charge in [-0.1, -0.05) is 43.7 Å². The van der Waals surface area contributed by atoms with E-state index in [2.05, 4.69) is 48.4 Å². The van der Waals surface area contributed by atoms with E-state index in [-0.39, 0.29) is 5.91 Å². The summed E-state index contributed by atoms with van der Waals surface area (Å²) in [5, 5.41) is 3.90. The molecule has 0 aromatic heterocycles. The van der Waals surface area contributed by atoms with Crippen LogP contribution in [0.4, 0.5) is 0 Å². The summed E-state index contributed by atoms with van der Waals surface area (Å²) in [6, 6.07) is 1.27. The van der Waals surface area contributed by atoms with Crippen LogP contribution in [-0.4, -0.2) is 61.5 Å². The van der Waals surface area contributed by atoms with E-state index >= 15 is 0 Å². The van der Waals surface area contributed by atoms with Gasteiger partial charge in [-0.05, 0) is 49.5 Å². The molecule has 1 saturated heterocycles. The molecule has 1 heterocycles. The summed E-state index contributed by atoms with van der Waals surface area (Å²) in [6.07, 6.45) is 15.2. The number of carbonyl (C=O) groups is 1. The van der Waals surface area contributed by atoms with Gasteiger partial charge in [-0.2, -0.15) is 0 Å². The molecule has 3 rings (SSSR count). The van der Waals surface area contributed by atoms with Gasteiger partial charge in [-0.25, -0.2) is 0 Å². The largest absolute Gasteiger partial charge is 0.348 e. The predicted molar refractivity (Wildman–Crippen MR) is 113 cm³/mol. The molecule has 3 aliphatic rings. The van der Waals surface area contributed by atoms with Gasteiger partial charge < -0.3 is 10.2 Å². The maximum atomic E-state index is 11.9. The molecule has 0 radical (unpaired) electrons. The first-order chi connectivity index (χ1) is 13.0. The number of likely N-dealkylation sites (tertiary alicyclic amines) is 1. The lowest BCUT2D eigenvalue weighted by atomic mass is 9.93. The van der Waals surface area contributed by atoms with Gasteiger partial charge in [0.05, 0.1) is 6.54 Å². The molecule has 1 unspecified atom stereocenters. The Morgan fingerprint density at radius 2 is 2.07 bits per heavy atom. The van der Waals surface area contributed by atoms with Crippen molar-refractivity contribution < 1.29 is 4.79 Å². The summed E-state index contributed by atoms with van der Waals surface area (Å²) in [5.41, 5.74) is 3.11. The van der Waals surface area contributed by atoms with Crippen molar-refractivity contribution in [2.24, 2.45) is 11.8 Å². The zero-order chi connectivity index (χ0) is 19.4. The molecule has 1 N–H and O–H groups in total. The van der Waals surface area contributed by atoms with Crippen molar-refractivity contribution in [3.05, 3.63) is 35.5 Å². The van der Waals surface area contributed by atoms with Gasteiger partial charge in [0.25, 0.3) is 0 Å². The van der Waals surface area contributed by atoms with Crippen LogP contribution in [0.5, 0.6) is 0 Å². The van der Waals surface area contributed by atoms with Crippen molar-refractivity contribution in [1.29, 1.82) is 0 Å². The maximum Gasteiger partial charge on any atom is 0.236 e. The second-order valence-corrected chi connectivity index (χ2v) is 8.83. The number of amides is 1. The summed E-state index contributed by atoms with van der Waals surface area (Å²) >= 11 is 0. The third-order valence-corrected chi connectivity index (χ3v) is 6.25. The highest BCUT2D eigenvalue weighted by molar-refractivity contribution is 5.77. The van der Waals surface area contributed by atoms with Crippen LogP contribution < -0.4 is 5.32 Å². The zero-order valence-corrected chi connectivity index (χ0v) is 17.6. The van der Waals surface area contributed by atoms with E-state index in [1.165, 1.54) is 18.4 Å². The Hall–Kier alpha value is -1.39. The Kier molecular flexibility index (Phi) is 6.93. The standard InChI is InChI=1S/C23H37N3O/c1-5-19(14-18-8-6-7-17(2)13-18)21-15-22(21)24-20-9-11-26(12-10-20)16-23(27)25(3)4/h6-8,14,17,20-22,24H,5,9-13,15-16H2,1-4H3/b19-14+/t17?,21-,22+/m0/s1. The number of nitrogens with zero attached hydrogens (tertiary/aromatic N) is 2. The maximum absolute atomic E-state index is 11.9. The minimum Gasteiger partial charge on any atom is -0.348 e. The van der Waals surface area contributed by atoms with Gasteiger partial charge in [-0.3, -0.25) is 9.69 Å². The molecular formula is C23H37N3O. The monoisotopic (exact) mass is 371 g/mol. The number of allylic oxidation sites excluding steroid dienone is 5. The summed E-state index contributed by atoms with van der Waals surface area (Å²) in [4.78, 5) is 15.9. The van der Waals surface area contributed by atoms with Crippen LogP contribution in [0, 0.1) is 11.8 Å². The first-order valence-corrected chi connectivity index (χ1v) is 10.7. The highest BCUT2D eigenvalue weighted by Crippen LogP contribution is 2.40. The molecule has 1 saturated carbocycles. The fourth-order valence-electron chi connectivity index (χ4n) is 4.38. The average molecular weight is 372 g/mol. The summed E-state index contributed by atoms with van der Waals surface area (Å²) in [5.74, 6) is 1.60. The minimum atomic E-state index is 0.211. The number of rotatable bonds is 7. The van der Waals surface area contributed by atoms with E-state index in [9.17, 15) is 4.79 Å². The first kappa shape index (κ1) is 20.3. The summed E-state index contributed by atoms with van der Waals surface area (Å²) < 4.78 is 0. The molecular weight excluding hydrogens is 334 g/mol. The summed E-state index contributed by atoms with van der Waals surface area (Å²) in [6.45, 7) is 7.22. The highest BCUT2D eigenvalue weighted by Gasteiger charge is 2.40. The van der Waals surface area contributed by atoms with Gasteiger partial charge >= 0.3 is 0 Å². The van der Waals surface area contributed by atoms with Crippen molar-refractivity contribution in [3.8, 4) is 0 Å². The molecule has 2 aliphatic carbocycles. The molecule has 3 atom stereocenters. The SMILES string of the molecule is CC/C(=C\C1=CC=CC(C)C1)[C@@H]1C[C@H]1NC1CCN(CC(=O)N(C)C)CC1. The number of hydrogen-bond acceptors (Lipinski definition) is 3. The number of hydrogen-bond donors (Lipinski definition) is 1. The van der Waals surface area contributed by atoms with Crippen LogP contribution in [0.25, 0.3) is 0 Å². The van der Waals surface area contributed by atoms with Crippen LogP contribution in [0.2, 0.25) is 0 Å². The molecule has 1 aliphatic heterocycles. The van der Waals surface area contributed by atoms with Crippen LogP contribution in [0.15, 0.2) is 35.5 Å². The van der Waals surface area contributed by atoms with Crippen LogP contribution in [0.3, 0.4) is 0 Å². The Morgan fingerprint density at radius 3 is 2.70 bits per heavy atom. The highest BCUT2D eigenvalue weighted by atomic mass is 16.2. The van der Waals surface area contributed by atoms with Gasteiger partial charge in [0.15, 0.2) is 0 Å². The molecule has 150 valence electrons. The van der Waals surface area contributed by atoms with Gasteiger partial charge in [0.1, 0.15) is 0 Å². The summed E-state index contributed by atoms with van der Waals surface area (Å²) in [7, 11) is 3.67. The molecule has 0 aromatic carbocycles. The van der Waals surface area contributed by atoms with E-state index in [4.69, 9.17) is 0 Å². The topological polar surface area (TPSA) is 35.6 Å².